The quantitative estimate of drug-likeness (QED) is 0.842. The van der Waals surface area contributed by atoms with Crippen molar-refractivity contribution < 1.29 is 9.21 Å². The summed E-state index contributed by atoms with van der Waals surface area (Å²) in [6.07, 6.45) is 11.2. The Morgan fingerprint density at radius 1 is 1.19 bits per heavy atom. The summed E-state index contributed by atoms with van der Waals surface area (Å²) in [5.74, 6) is 3.88. The van der Waals surface area contributed by atoms with Crippen molar-refractivity contribution in [2.45, 2.75) is 51.4 Å². The van der Waals surface area contributed by atoms with Gasteiger partial charge in [-0.15, -0.1) is 0 Å². The van der Waals surface area contributed by atoms with Gasteiger partial charge >= 0.3 is 0 Å². The van der Waals surface area contributed by atoms with Crippen molar-refractivity contribution in [1.82, 2.24) is 5.32 Å². The normalized spacial score (nSPS) is 36.9. The Morgan fingerprint density at radius 2 is 1.86 bits per heavy atom. The maximum absolute atomic E-state index is 12.7. The molecule has 0 saturated heterocycles. The Balaban J connectivity index is 1.31. The summed E-state index contributed by atoms with van der Waals surface area (Å²) in [6, 6.07) is 3.92. The zero-order chi connectivity index (χ0) is 14.3. The summed E-state index contributed by atoms with van der Waals surface area (Å²) >= 11 is 0. The number of furan rings is 1. The minimum Gasteiger partial charge on any atom is -0.469 e. The topological polar surface area (TPSA) is 42.2 Å². The second-order valence-corrected chi connectivity index (χ2v) is 7.64. The molecule has 0 unspecified atom stereocenters. The number of hydrogen-bond acceptors (Lipinski definition) is 2. The Hall–Kier alpha value is -1.25. The van der Waals surface area contributed by atoms with Crippen molar-refractivity contribution in [3.8, 4) is 0 Å². The minimum atomic E-state index is -0.000564. The maximum atomic E-state index is 12.7. The SMILES string of the molecule is O=C(NCCCc1ccco1)C12CC3CC(CC(C3)C1)C2. The third-order valence-corrected chi connectivity index (χ3v) is 5.99. The van der Waals surface area contributed by atoms with Gasteiger partial charge in [0.05, 0.1) is 6.26 Å². The molecule has 1 N–H and O–H groups in total. The third-order valence-electron chi connectivity index (χ3n) is 5.99. The van der Waals surface area contributed by atoms with Crippen LogP contribution in [-0.2, 0) is 11.2 Å². The molecule has 5 rings (SSSR count). The van der Waals surface area contributed by atoms with Crippen molar-refractivity contribution in [3.63, 3.8) is 0 Å². The molecule has 1 heterocycles. The number of amides is 1. The van der Waals surface area contributed by atoms with Gasteiger partial charge in [-0.2, -0.15) is 0 Å². The van der Waals surface area contributed by atoms with Gasteiger partial charge in [-0.25, -0.2) is 0 Å². The molecule has 21 heavy (non-hydrogen) atoms. The summed E-state index contributed by atoms with van der Waals surface area (Å²) in [7, 11) is 0. The summed E-state index contributed by atoms with van der Waals surface area (Å²) in [6.45, 7) is 0.779. The summed E-state index contributed by atoms with van der Waals surface area (Å²) < 4.78 is 5.33. The molecule has 0 aliphatic heterocycles. The molecule has 4 bridgehead atoms. The molecule has 0 spiro atoms. The molecule has 4 saturated carbocycles. The van der Waals surface area contributed by atoms with Crippen LogP contribution < -0.4 is 5.32 Å². The minimum absolute atomic E-state index is 0.000564. The second kappa shape index (κ2) is 5.19. The zero-order valence-electron chi connectivity index (χ0n) is 12.6. The highest BCUT2D eigenvalue weighted by Gasteiger charge is 2.54. The molecule has 4 aliphatic carbocycles. The number of rotatable bonds is 5. The molecule has 114 valence electrons. The Morgan fingerprint density at radius 3 is 2.43 bits per heavy atom. The van der Waals surface area contributed by atoms with Gasteiger partial charge in [0, 0.05) is 18.4 Å². The van der Waals surface area contributed by atoms with Gasteiger partial charge in [-0.05, 0) is 74.8 Å². The predicted octanol–water partition coefficient (Wildman–Crippen LogP) is 3.54. The van der Waals surface area contributed by atoms with Gasteiger partial charge in [-0.3, -0.25) is 4.79 Å². The fraction of sp³-hybridized carbons (Fsp3) is 0.722. The van der Waals surface area contributed by atoms with Gasteiger partial charge in [0.15, 0.2) is 0 Å². The van der Waals surface area contributed by atoms with Crippen LogP contribution in [0.1, 0.15) is 50.7 Å². The standard InChI is InChI=1S/C18H25NO2/c20-17(19-5-1-3-16-4-2-6-21-16)18-10-13-7-14(11-18)9-15(8-13)12-18/h2,4,6,13-15H,1,3,5,7-12H2,(H,19,20). The van der Waals surface area contributed by atoms with E-state index in [1.807, 2.05) is 12.1 Å². The van der Waals surface area contributed by atoms with Gasteiger partial charge in [0.1, 0.15) is 5.76 Å². The molecule has 0 aromatic carbocycles. The van der Waals surface area contributed by atoms with E-state index in [1.54, 1.807) is 6.26 Å². The van der Waals surface area contributed by atoms with Crippen LogP contribution in [0.5, 0.6) is 0 Å². The Labute approximate surface area is 126 Å². The van der Waals surface area contributed by atoms with E-state index in [-0.39, 0.29) is 5.41 Å². The van der Waals surface area contributed by atoms with Crippen molar-refractivity contribution in [1.29, 1.82) is 0 Å². The molecule has 1 amide bonds. The highest BCUT2D eigenvalue weighted by atomic mass is 16.3. The third kappa shape index (κ3) is 2.51. The average molecular weight is 287 g/mol. The number of hydrogen-bond donors (Lipinski definition) is 1. The van der Waals surface area contributed by atoms with E-state index in [2.05, 4.69) is 5.32 Å². The van der Waals surface area contributed by atoms with E-state index in [0.717, 1.165) is 62.2 Å². The fourth-order valence-corrected chi connectivity index (χ4v) is 5.50. The lowest BCUT2D eigenvalue weighted by molar-refractivity contribution is -0.146. The highest BCUT2D eigenvalue weighted by Crippen LogP contribution is 2.60. The molecule has 3 heteroatoms. The van der Waals surface area contributed by atoms with Crippen LogP contribution in [0.2, 0.25) is 0 Å². The lowest BCUT2D eigenvalue weighted by atomic mass is 9.49. The molecule has 1 aromatic heterocycles. The lowest BCUT2D eigenvalue weighted by Crippen LogP contribution is -2.53. The first-order valence-corrected chi connectivity index (χ1v) is 8.54. The van der Waals surface area contributed by atoms with Crippen LogP contribution in [0.25, 0.3) is 0 Å². The van der Waals surface area contributed by atoms with Crippen LogP contribution in [0.4, 0.5) is 0 Å². The Kier molecular flexibility index (Phi) is 3.31. The molecule has 4 aliphatic rings. The van der Waals surface area contributed by atoms with Crippen LogP contribution >= 0.6 is 0 Å². The van der Waals surface area contributed by atoms with Crippen LogP contribution in [0.3, 0.4) is 0 Å². The first-order chi connectivity index (χ1) is 10.2. The van der Waals surface area contributed by atoms with Crippen molar-refractivity contribution in [2.24, 2.45) is 23.2 Å². The summed E-state index contributed by atoms with van der Waals surface area (Å²) in [4.78, 5) is 12.7. The summed E-state index contributed by atoms with van der Waals surface area (Å²) in [5.41, 5.74) is -0.000564. The number of nitrogens with one attached hydrogen (secondary N) is 1. The number of carbonyl (C=O) groups excluding carboxylic acids is 1. The molecule has 3 nitrogen and oxygen atoms in total. The lowest BCUT2D eigenvalue weighted by Gasteiger charge is -2.55. The largest absolute Gasteiger partial charge is 0.469 e. The first kappa shape index (κ1) is 13.4. The molecular weight excluding hydrogens is 262 g/mol. The molecule has 0 radical (unpaired) electrons. The van der Waals surface area contributed by atoms with Crippen molar-refractivity contribution in [2.75, 3.05) is 6.54 Å². The smallest absolute Gasteiger partial charge is 0.226 e. The van der Waals surface area contributed by atoms with Gasteiger partial charge in [0.2, 0.25) is 5.91 Å². The zero-order valence-corrected chi connectivity index (χ0v) is 12.6. The first-order valence-electron chi connectivity index (χ1n) is 8.54. The summed E-state index contributed by atoms with van der Waals surface area (Å²) in [5, 5.41) is 3.22. The second-order valence-electron chi connectivity index (χ2n) is 7.64. The Bertz CT molecular complexity index is 470. The molecule has 4 fully saturated rings. The maximum Gasteiger partial charge on any atom is 0.226 e. The molecular formula is C18H25NO2. The molecule has 1 aromatic rings. The van der Waals surface area contributed by atoms with Crippen molar-refractivity contribution >= 4 is 5.91 Å². The van der Waals surface area contributed by atoms with Gasteiger partial charge in [-0.1, -0.05) is 0 Å². The number of aryl methyl sites for hydroxylation is 1. The van der Waals surface area contributed by atoms with Crippen LogP contribution in [-0.4, -0.2) is 12.5 Å². The number of carbonyl (C=O) groups is 1. The van der Waals surface area contributed by atoms with Gasteiger partial charge in [0.25, 0.3) is 0 Å². The highest BCUT2D eigenvalue weighted by molar-refractivity contribution is 5.83. The van der Waals surface area contributed by atoms with E-state index in [9.17, 15) is 4.79 Å². The van der Waals surface area contributed by atoms with Gasteiger partial charge < -0.3 is 9.73 Å². The van der Waals surface area contributed by atoms with E-state index in [0.29, 0.717) is 5.91 Å². The van der Waals surface area contributed by atoms with Crippen LogP contribution in [0.15, 0.2) is 22.8 Å². The predicted molar refractivity (Wildman–Crippen MR) is 80.6 cm³/mol. The van der Waals surface area contributed by atoms with E-state index in [1.165, 1.54) is 19.3 Å². The van der Waals surface area contributed by atoms with E-state index in [4.69, 9.17) is 4.42 Å². The van der Waals surface area contributed by atoms with E-state index >= 15 is 0 Å². The monoisotopic (exact) mass is 287 g/mol. The van der Waals surface area contributed by atoms with E-state index < -0.39 is 0 Å². The average Bonchev–Trinajstić information content (AvgIpc) is 2.95. The van der Waals surface area contributed by atoms with Crippen molar-refractivity contribution in [3.05, 3.63) is 24.2 Å². The molecule has 0 atom stereocenters. The fourth-order valence-electron chi connectivity index (χ4n) is 5.50. The van der Waals surface area contributed by atoms with Crippen LogP contribution in [0, 0.1) is 23.2 Å².